The Hall–Kier alpha value is -2.91. The number of thiol groups is 1. The third-order valence-electron chi connectivity index (χ3n) is 5.07. The van der Waals surface area contributed by atoms with Gasteiger partial charge in [0.2, 0.25) is 0 Å². The lowest BCUT2D eigenvalue weighted by Gasteiger charge is -2.13. The molecule has 0 saturated carbocycles. The molecular formula is C27H32N2S. The van der Waals surface area contributed by atoms with Crippen molar-refractivity contribution in [2.45, 2.75) is 39.0 Å². The molecule has 0 aliphatic carbocycles. The summed E-state index contributed by atoms with van der Waals surface area (Å²) in [6, 6.07) is 14.6. The molecule has 0 radical (unpaired) electrons. The second kappa shape index (κ2) is 10.7. The van der Waals surface area contributed by atoms with Crippen LogP contribution in [0.2, 0.25) is 0 Å². The lowest BCUT2D eigenvalue weighted by molar-refractivity contribution is 1.11. The van der Waals surface area contributed by atoms with Gasteiger partial charge in [0.05, 0.1) is 5.52 Å². The fourth-order valence-corrected chi connectivity index (χ4v) is 3.63. The Morgan fingerprint density at radius 1 is 1.17 bits per heavy atom. The number of para-hydroxylation sites is 1. The number of rotatable bonds is 5. The highest BCUT2D eigenvalue weighted by Crippen LogP contribution is 2.27. The summed E-state index contributed by atoms with van der Waals surface area (Å²) in [6.45, 7) is 16.2. The number of hydrogen-bond donors (Lipinski definition) is 3. The van der Waals surface area contributed by atoms with E-state index in [0.29, 0.717) is 0 Å². The van der Waals surface area contributed by atoms with Crippen LogP contribution < -0.4 is 5.73 Å². The third kappa shape index (κ3) is 5.58. The number of H-pyrrole nitrogens is 1. The summed E-state index contributed by atoms with van der Waals surface area (Å²) in [6.07, 6.45) is 6.57. The van der Waals surface area contributed by atoms with Gasteiger partial charge in [0, 0.05) is 27.2 Å². The Morgan fingerprint density at radius 2 is 1.90 bits per heavy atom. The molecule has 0 atom stereocenters. The standard InChI is InChI=1S/C18H23N.C9H9NS/c1-6-9-17(18(19)8-3)14(5)16-11-10-15(7-2)13(4)12-16;1-6-5-7-3-2-4-8(11)9(7)10-6/h6,8-12H,1,5,7,19H2,2-4H3;2-5,10-11H,1H3/b17-9-,18-8+;. The third-order valence-corrected chi connectivity index (χ3v) is 5.45. The van der Waals surface area contributed by atoms with E-state index in [9.17, 15) is 0 Å². The van der Waals surface area contributed by atoms with Gasteiger partial charge in [-0.2, -0.15) is 0 Å². The Labute approximate surface area is 186 Å². The molecular weight excluding hydrogens is 384 g/mol. The van der Waals surface area contributed by atoms with Crippen molar-refractivity contribution in [3.8, 4) is 0 Å². The van der Waals surface area contributed by atoms with Crippen molar-refractivity contribution in [3.05, 3.63) is 108 Å². The molecule has 2 nitrogen and oxygen atoms in total. The predicted octanol–water partition coefficient (Wildman–Crippen LogP) is 7.31. The van der Waals surface area contributed by atoms with Gasteiger partial charge in [-0.3, -0.25) is 0 Å². The van der Waals surface area contributed by atoms with Crippen molar-refractivity contribution >= 4 is 29.1 Å². The minimum absolute atomic E-state index is 0.724. The van der Waals surface area contributed by atoms with Crippen LogP contribution in [-0.4, -0.2) is 4.98 Å². The van der Waals surface area contributed by atoms with Crippen LogP contribution in [0.4, 0.5) is 0 Å². The van der Waals surface area contributed by atoms with E-state index in [0.717, 1.165) is 39.2 Å². The Morgan fingerprint density at radius 3 is 2.47 bits per heavy atom. The van der Waals surface area contributed by atoms with Gasteiger partial charge in [-0.25, -0.2) is 0 Å². The SMILES string of the molecule is C=C/C=C(C(=C)c1ccc(CC)c(C)c1)\C(N)=C/C.Cc1cc2cccc(S)c2[nH]1. The van der Waals surface area contributed by atoms with E-state index in [-0.39, 0.29) is 0 Å². The van der Waals surface area contributed by atoms with E-state index in [2.05, 4.69) is 74.9 Å². The Kier molecular flexibility index (Phi) is 8.37. The predicted molar refractivity (Wildman–Crippen MR) is 136 cm³/mol. The van der Waals surface area contributed by atoms with Crippen LogP contribution >= 0.6 is 12.6 Å². The molecule has 0 fully saturated rings. The van der Waals surface area contributed by atoms with Gasteiger partial charge in [0.1, 0.15) is 0 Å². The lowest BCUT2D eigenvalue weighted by Crippen LogP contribution is -2.03. The number of nitrogens with one attached hydrogen (secondary N) is 1. The second-order valence-corrected chi connectivity index (χ2v) is 7.71. The van der Waals surface area contributed by atoms with Crippen LogP contribution in [0.5, 0.6) is 0 Å². The van der Waals surface area contributed by atoms with Crippen LogP contribution in [0.1, 0.15) is 36.2 Å². The number of aromatic nitrogens is 1. The molecule has 3 aromatic rings. The summed E-state index contributed by atoms with van der Waals surface area (Å²) in [5, 5.41) is 1.23. The normalized spacial score (nSPS) is 11.8. The maximum Gasteiger partial charge on any atom is 0.0591 e. The number of hydrogen-bond acceptors (Lipinski definition) is 2. The smallest absolute Gasteiger partial charge is 0.0591 e. The van der Waals surface area contributed by atoms with Gasteiger partial charge in [0.25, 0.3) is 0 Å². The van der Waals surface area contributed by atoms with E-state index >= 15 is 0 Å². The zero-order valence-electron chi connectivity index (χ0n) is 18.4. The summed E-state index contributed by atoms with van der Waals surface area (Å²) in [4.78, 5) is 4.26. The van der Waals surface area contributed by atoms with Gasteiger partial charge < -0.3 is 10.7 Å². The highest BCUT2D eigenvalue weighted by molar-refractivity contribution is 7.80. The highest BCUT2D eigenvalue weighted by Gasteiger charge is 2.08. The molecule has 0 aliphatic rings. The van der Waals surface area contributed by atoms with Crippen molar-refractivity contribution in [1.29, 1.82) is 0 Å². The lowest BCUT2D eigenvalue weighted by atomic mass is 9.93. The minimum atomic E-state index is 0.724. The molecule has 0 saturated heterocycles. The molecule has 0 amide bonds. The maximum absolute atomic E-state index is 6.02. The number of benzene rings is 2. The first-order valence-corrected chi connectivity index (χ1v) is 10.6. The van der Waals surface area contributed by atoms with E-state index in [4.69, 9.17) is 5.73 Å². The fraction of sp³-hybridized carbons (Fsp3) is 0.185. The molecule has 3 rings (SSSR count). The molecule has 1 aromatic heterocycles. The number of nitrogens with two attached hydrogens (primary N) is 1. The molecule has 0 aliphatic heterocycles. The largest absolute Gasteiger partial charge is 0.398 e. The molecule has 0 bridgehead atoms. The van der Waals surface area contributed by atoms with E-state index < -0.39 is 0 Å². The monoisotopic (exact) mass is 416 g/mol. The number of aromatic amines is 1. The second-order valence-electron chi connectivity index (χ2n) is 7.23. The summed E-state index contributed by atoms with van der Waals surface area (Å²) < 4.78 is 0. The maximum atomic E-state index is 6.02. The quantitative estimate of drug-likeness (QED) is 0.296. The van der Waals surface area contributed by atoms with Crippen LogP contribution in [-0.2, 0) is 6.42 Å². The molecule has 3 N–H and O–H groups in total. The molecule has 3 heteroatoms. The van der Waals surface area contributed by atoms with Crippen LogP contribution in [0, 0.1) is 13.8 Å². The zero-order chi connectivity index (χ0) is 22.3. The minimum Gasteiger partial charge on any atom is -0.398 e. The Balaban J connectivity index is 0.000000244. The van der Waals surface area contributed by atoms with Gasteiger partial charge in [-0.05, 0) is 61.6 Å². The van der Waals surface area contributed by atoms with E-state index in [1.165, 1.54) is 22.2 Å². The van der Waals surface area contributed by atoms with Crippen LogP contribution in [0.3, 0.4) is 0 Å². The molecule has 0 spiro atoms. The van der Waals surface area contributed by atoms with Crippen molar-refractivity contribution in [2.24, 2.45) is 5.73 Å². The summed E-state index contributed by atoms with van der Waals surface area (Å²) in [5.41, 5.74) is 14.7. The van der Waals surface area contributed by atoms with E-state index in [1.54, 1.807) is 6.08 Å². The zero-order valence-corrected chi connectivity index (χ0v) is 19.3. The average molecular weight is 417 g/mol. The van der Waals surface area contributed by atoms with Crippen molar-refractivity contribution in [3.63, 3.8) is 0 Å². The summed E-state index contributed by atoms with van der Waals surface area (Å²) >= 11 is 4.33. The van der Waals surface area contributed by atoms with E-state index in [1.807, 2.05) is 38.1 Å². The van der Waals surface area contributed by atoms with Gasteiger partial charge in [0.15, 0.2) is 0 Å². The first-order chi connectivity index (χ1) is 14.3. The number of aryl methyl sites for hydroxylation is 3. The molecule has 156 valence electrons. The van der Waals surface area contributed by atoms with Crippen molar-refractivity contribution in [1.82, 2.24) is 4.98 Å². The first-order valence-electron chi connectivity index (χ1n) is 10.1. The number of allylic oxidation sites excluding steroid dienone is 4. The molecule has 1 heterocycles. The van der Waals surface area contributed by atoms with Crippen molar-refractivity contribution in [2.75, 3.05) is 0 Å². The average Bonchev–Trinajstić information content (AvgIpc) is 3.13. The van der Waals surface area contributed by atoms with Gasteiger partial charge in [-0.1, -0.05) is 68.6 Å². The topological polar surface area (TPSA) is 41.8 Å². The fourth-order valence-electron chi connectivity index (χ4n) is 3.36. The van der Waals surface area contributed by atoms with Crippen molar-refractivity contribution < 1.29 is 0 Å². The summed E-state index contributed by atoms with van der Waals surface area (Å²) in [5.74, 6) is 0. The molecule has 0 unspecified atom stereocenters. The van der Waals surface area contributed by atoms with Crippen LogP contribution in [0.25, 0.3) is 16.5 Å². The number of fused-ring (bicyclic) bond motifs is 1. The van der Waals surface area contributed by atoms with Gasteiger partial charge >= 0.3 is 0 Å². The van der Waals surface area contributed by atoms with Crippen LogP contribution in [0.15, 0.2) is 90.0 Å². The first kappa shape index (κ1) is 23.4. The highest BCUT2D eigenvalue weighted by atomic mass is 32.1. The molecule has 30 heavy (non-hydrogen) atoms. The molecule has 2 aromatic carbocycles. The van der Waals surface area contributed by atoms with Gasteiger partial charge in [-0.15, -0.1) is 12.6 Å². The summed E-state index contributed by atoms with van der Waals surface area (Å²) in [7, 11) is 0. The Bertz CT molecular complexity index is 1110.